The van der Waals surface area contributed by atoms with Gasteiger partial charge in [0.25, 0.3) is 5.91 Å². The second kappa shape index (κ2) is 10.5. The topological polar surface area (TPSA) is 107 Å². The third-order valence-electron chi connectivity index (χ3n) is 5.37. The normalized spacial score (nSPS) is 12.3. The third kappa shape index (κ3) is 6.09. The third-order valence-corrected chi connectivity index (χ3v) is 5.67. The van der Waals surface area contributed by atoms with E-state index >= 15 is 0 Å². The van der Waals surface area contributed by atoms with Gasteiger partial charge in [0.15, 0.2) is 0 Å². The van der Waals surface area contributed by atoms with Gasteiger partial charge in [0.1, 0.15) is 11.5 Å². The Morgan fingerprint density at radius 1 is 1.17 bits per heavy atom. The smallest absolute Gasteiger partial charge is 0.495 e. The summed E-state index contributed by atoms with van der Waals surface area (Å²) in [5, 5.41) is 12.2. The van der Waals surface area contributed by atoms with Crippen molar-refractivity contribution >= 4 is 40.3 Å². The molecule has 8 nitrogen and oxygen atoms in total. The number of carbonyl (C=O) groups is 3. The molecule has 0 spiro atoms. The first-order chi connectivity index (χ1) is 16.8. The van der Waals surface area contributed by atoms with Crippen molar-refractivity contribution in [3.63, 3.8) is 0 Å². The molecule has 1 amide bonds. The van der Waals surface area contributed by atoms with E-state index in [9.17, 15) is 27.6 Å². The maximum absolute atomic E-state index is 13.4. The SMILES string of the molecule is COc1cc2c(CC(=O)NC(C)CC(=O)O)c(C)n(C(=O)c3ccc(OC(F)(F)F)cc3)c2cc1Cl. The van der Waals surface area contributed by atoms with E-state index in [1.807, 2.05) is 0 Å². The number of carbonyl (C=O) groups excluding carboxylic acids is 2. The predicted octanol–water partition coefficient (Wildman–Crippen LogP) is 4.72. The summed E-state index contributed by atoms with van der Waals surface area (Å²) < 4.78 is 47.8. The van der Waals surface area contributed by atoms with Gasteiger partial charge in [0, 0.05) is 22.7 Å². The highest BCUT2D eigenvalue weighted by molar-refractivity contribution is 6.33. The lowest BCUT2D eigenvalue weighted by atomic mass is 10.1. The molecule has 3 rings (SSSR count). The molecule has 1 aromatic heterocycles. The molecule has 192 valence electrons. The average Bonchev–Trinajstić information content (AvgIpc) is 3.01. The fraction of sp³-hybridized carbons (Fsp3) is 0.292. The van der Waals surface area contributed by atoms with Crippen LogP contribution in [0.1, 0.15) is 35.0 Å². The molecule has 1 atom stereocenters. The van der Waals surface area contributed by atoms with Gasteiger partial charge in [-0.25, -0.2) is 0 Å². The van der Waals surface area contributed by atoms with E-state index in [-0.39, 0.29) is 23.4 Å². The van der Waals surface area contributed by atoms with E-state index in [1.165, 1.54) is 29.9 Å². The molecule has 36 heavy (non-hydrogen) atoms. The number of rotatable bonds is 8. The maximum atomic E-state index is 13.4. The summed E-state index contributed by atoms with van der Waals surface area (Å²) in [7, 11) is 1.41. The monoisotopic (exact) mass is 526 g/mol. The lowest BCUT2D eigenvalue weighted by Crippen LogP contribution is -2.35. The van der Waals surface area contributed by atoms with Crippen molar-refractivity contribution in [1.82, 2.24) is 9.88 Å². The van der Waals surface area contributed by atoms with E-state index < -0.39 is 35.9 Å². The number of methoxy groups -OCH3 is 1. The lowest BCUT2D eigenvalue weighted by Gasteiger charge is -2.12. The van der Waals surface area contributed by atoms with E-state index in [0.29, 0.717) is 27.9 Å². The number of aromatic nitrogens is 1. The lowest BCUT2D eigenvalue weighted by molar-refractivity contribution is -0.274. The number of nitrogens with zero attached hydrogens (tertiary/aromatic N) is 1. The molecule has 1 unspecified atom stereocenters. The van der Waals surface area contributed by atoms with Crippen LogP contribution in [-0.2, 0) is 16.0 Å². The van der Waals surface area contributed by atoms with Crippen molar-refractivity contribution in [3.8, 4) is 11.5 Å². The Morgan fingerprint density at radius 3 is 2.36 bits per heavy atom. The number of aliphatic carboxylic acids is 1. The second-order valence-corrected chi connectivity index (χ2v) is 8.43. The molecular weight excluding hydrogens is 505 g/mol. The highest BCUT2D eigenvalue weighted by Crippen LogP contribution is 2.35. The van der Waals surface area contributed by atoms with Crippen LogP contribution in [0, 0.1) is 6.92 Å². The molecule has 2 aromatic carbocycles. The fourth-order valence-corrected chi connectivity index (χ4v) is 4.08. The minimum absolute atomic E-state index is 0.0718. The molecule has 0 aliphatic heterocycles. The Hall–Kier alpha value is -3.73. The molecule has 1 heterocycles. The number of amides is 1. The van der Waals surface area contributed by atoms with E-state index in [4.69, 9.17) is 21.4 Å². The van der Waals surface area contributed by atoms with Gasteiger partial charge in [0.05, 0.1) is 30.5 Å². The molecule has 0 radical (unpaired) electrons. The van der Waals surface area contributed by atoms with Crippen molar-refractivity contribution in [2.75, 3.05) is 7.11 Å². The molecule has 2 N–H and O–H groups in total. The van der Waals surface area contributed by atoms with Crippen molar-refractivity contribution in [3.05, 3.63) is 58.2 Å². The largest absolute Gasteiger partial charge is 0.573 e. The fourth-order valence-electron chi connectivity index (χ4n) is 3.85. The Labute approximate surface area is 208 Å². The van der Waals surface area contributed by atoms with Crippen molar-refractivity contribution in [2.45, 2.75) is 39.1 Å². The van der Waals surface area contributed by atoms with Crippen LogP contribution in [0.15, 0.2) is 36.4 Å². The number of alkyl halides is 3. The van der Waals surface area contributed by atoms with Crippen molar-refractivity contribution in [2.24, 2.45) is 0 Å². The van der Waals surface area contributed by atoms with Crippen LogP contribution in [0.25, 0.3) is 10.9 Å². The number of hydrogen-bond acceptors (Lipinski definition) is 5. The zero-order valence-corrected chi connectivity index (χ0v) is 20.2. The van der Waals surface area contributed by atoms with Crippen LogP contribution >= 0.6 is 11.6 Å². The summed E-state index contributed by atoms with van der Waals surface area (Å²) in [5.41, 5.74) is 1.31. The summed E-state index contributed by atoms with van der Waals surface area (Å²) in [6.45, 7) is 3.17. The van der Waals surface area contributed by atoms with Gasteiger partial charge >= 0.3 is 12.3 Å². The average molecular weight is 527 g/mol. The quantitative estimate of drug-likeness (QED) is 0.440. The second-order valence-electron chi connectivity index (χ2n) is 8.02. The molecule has 0 bridgehead atoms. The number of halogens is 4. The van der Waals surface area contributed by atoms with Gasteiger partial charge in [-0.3, -0.25) is 19.0 Å². The Balaban J connectivity index is 2.03. The van der Waals surface area contributed by atoms with Crippen LogP contribution in [0.3, 0.4) is 0 Å². The number of nitrogens with one attached hydrogen (secondary N) is 1. The Kier molecular flexibility index (Phi) is 7.83. The van der Waals surface area contributed by atoms with Crippen molar-refractivity contribution in [1.29, 1.82) is 0 Å². The highest BCUT2D eigenvalue weighted by Gasteiger charge is 2.31. The Morgan fingerprint density at radius 2 is 1.81 bits per heavy atom. The van der Waals surface area contributed by atoms with Crippen molar-refractivity contribution < 1.29 is 42.1 Å². The summed E-state index contributed by atoms with van der Waals surface area (Å²) >= 11 is 6.29. The minimum atomic E-state index is -4.87. The summed E-state index contributed by atoms with van der Waals surface area (Å²) in [5.74, 6) is -2.26. The number of hydrogen-bond donors (Lipinski definition) is 2. The summed E-state index contributed by atoms with van der Waals surface area (Å²) in [6, 6.07) is 6.89. The van der Waals surface area contributed by atoms with Crippen LogP contribution in [0.4, 0.5) is 13.2 Å². The Bertz CT molecular complexity index is 1320. The first-order valence-electron chi connectivity index (χ1n) is 10.6. The number of fused-ring (bicyclic) bond motifs is 1. The number of benzene rings is 2. The summed E-state index contributed by atoms with van der Waals surface area (Å²) in [4.78, 5) is 37.0. The van der Waals surface area contributed by atoms with Gasteiger partial charge in [-0.1, -0.05) is 11.6 Å². The molecule has 0 aliphatic rings. The number of ether oxygens (including phenoxy) is 2. The minimum Gasteiger partial charge on any atom is -0.495 e. The highest BCUT2D eigenvalue weighted by atomic mass is 35.5. The molecule has 12 heteroatoms. The first-order valence-corrected chi connectivity index (χ1v) is 11.0. The van der Waals surface area contributed by atoms with E-state index in [2.05, 4.69) is 10.1 Å². The maximum Gasteiger partial charge on any atom is 0.573 e. The standard InChI is InChI=1S/C24H22ClF3N2O6/c1-12(8-22(32)33)29-21(31)10-16-13(2)30(19-11-18(25)20(35-3)9-17(16)19)23(34)14-4-6-15(7-5-14)36-24(26,27)28/h4-7,9,11-12H,8,10H2,1-3H3,(H,29,31)(H,32,33). The van der Waals surface area contributed by atoms with Crippen LogP contribution in [0.5, 0.6) is 11.5 Å². The van der Waals surface area contributed by atoms with Gasteiger partial charge in [-0.05, 0) is 55.8 Å². The predicted molar refractivity (Wildman–Crippen MR) is 125 cm³/mol. The molecular formula is C24H22ClF3N2O6. The van der Waals surface area contributed by atoms with Gasteiger partial charge < -0.3 is 19.9 Å². The van der Waals surface area contributed by atoms with Gasteiger partial charge in [-0.2, -0.15) is 0 Å². The summed E-state index contributed by atoms with van der Waals surface area (Å²) in [6.07, 6.45) is -5.30. The zero-order valence-electron chi connectivity index (χ0n) is 19.4. The number of carboxylic acid groups (broad SMARTS) is 1. The molecule has 0 fully saturated rings. The van der Waals surface area contributed by atoms with E-state index in [1.54, 1.807) is 19.9 Å². The molecule has 0 aliphatic carbocycles. The van der Waals surface area contributed by atoms with E-state index in [0.717, 1.165) is 12.1 Å². The molecule has 3 aromatic rings. The zero-order chi connectivity index (χ0) is 26.8. The van der Waals surface area contributed by atoms with Gasteiger partial charge in [-0.15, -0.1) is 13.2 Å². The van der Waals surface area contributed by atoms with Crippen LogP contribution in [0.2, 0.25) is 5.02 Å². The molecule has 0 saturated carbocycles. The van der Waals surface area contributed by atoms with Crippen LogP contribution < -0.4 is 14.8 Å². The molecule has 0 saturated heterocycles. The van der Waals surface area contributed by atoms with Crippen LogP contribution in [-0.4, -0.2) is 47.0 Å². The van der Waals surface area contributed by atoms with Gasteiger partial charge in [0.2, 0.25) is 5.91 Å². The number of carboxylic acids is 1. The first kappa shape index (κ1) is 26.9.